The van der Waals surface area contributed by atoms with Crippen LogP contribution in [0.3, 0.4) is 0 Å². The predicted octanol–water partition coefficient (Wildman–Crippen LogP) is 3.03. The Morgan fingerprint density at radius 1 is 1.19 bits per heavy atom. The van der Waals surface area contributed by atoms with Gasteiger partial charge in [-0.3, -0.25) is 14.5 Å². The number of nitrogens with zero attached hydrogens (tertiary/aromatic N) is 1. The number of amides is 4. The minimum absolute atomic E-state index is 0.155. The summed E-state index contributed by atoms with van der Waals surface area (Å²) in [5.74, 6) is -0.269. The first-order chi connectivity index (χ1) is 12.8. The van der Waals surface area contributed by atoms with E-state index in [-0.39, 0.29) is 24.4 Å². The lowest BCUT2D eigenvalue weighted by Gasteiger charge is -2.24. The first-order valence-corrected chi connectivity index (χ1v) is 9.85. The van der Waals surface area contributed by atoms with Crippen molar-refractivity contribution in [3.63, 3.8) is 0 Å². The smallest absolute Gasteiger partial charge is 0.325 e. The monoisotopic (exact) mass is 371 g/mol. The molecule has 1 aliphatic carbocycles. The minimum atomic E-state index is -1.14. The highest BCUT2D eigenvalue weighted by atomic mass is 16.2. The molecule has 6 heteroatoms. The van der Waals surface area contributed by atoms with Gasteiger partial charge >= 0.3 is 6.03 Å². The van der Waals surface area contributed by atoms with E-state index in [2.05, 4.69) is 24.5 Å². The normalized spacial score (nSPS) is 23.6. The van der Waals surface area contributed by atoms with E-state index in [1.54, 1.807) is 6.92 Å². The highest BCUT2D eigenvalue weighted by molar-refractivity contribution is 6.09. The van der Waals surface area contributed by atoms with Crippen molar-refractivity contribution in [1.29, 1.82) is 0 Å². The third kappa shape index (κ3) is 3.99. The summed E-state index contributed by atoms with van der Waals surface area (Å²) in [7, 11) is 0. The van der Waals surface area contributed by atoms with Gasteiger partial charge in [-0.25, -0.2) is 4.79 Å². The number of rotatable bonds is 5. The van der Waals surface area contributed by atoms with Gasteiger partial charge in [-0.15, -0.1) is 0 Å². The van der Waals surface area contributed by atoms with E-state index >= 15 is 0 Å². The Hall–Kier alpha value is -2.37. The number of benzene rings is 1. The summed E-state index contributed by atoms with van der Waals surface area (Å²) < 4.78 is 0. The molecular formula is C21H29N3O3. The van der Waals surface area contributed by atoms with Crippen LogP contribution in [0, 0.1) is 0 Å². The number of carbonyl (C=O) groups excluding carboxylic acids is 3. The second-order valence-electron chi connectivity index (χ2n) is 8.13. The Balaban J connectivity index is 1.69. The molecular weight excluding hydrogens is 342 g/mol. The summed E-state index contributed by atoms with van der Waals surface area (Å²) in [5, 5.41) is 5.72. The molecule has 0 radical (unpaired) electrons. The molecule has 2 fully saturated rings. The van der Waals surface area contributed by atoms with Crippen LogP contribution in [0.5, 0.6) is 0 Å². The molecule has 1 saturated carbocycles. The zero-order valence-electron chi connectivity index (χ0n) is 16.4. The first kappa shape index (κ1) is 19.4. The Labute approximate surface area is 160 Å². The van der Waals surface area contributed by atoms with E-state index in [0.717, 1.165) is 36.1 Å². The van der Waals surface area contributed by atoms with Gasteiger partial charge in [-0.05, 0) is 36.8 Å². The second-order valence-corrected chi connectivity index (χ2v) is 8.13. The Bertz CT molecular complexity index is 723. The van der Waals surface area contributed by atoms with Crippen molar-refractivity contribution >= 4 is 17.8 Å². The van der Waals surface area contributed by atoms with Crippen LogP contribution in [0.4, 0.5) is 4.79 Å². The van der Waals surface area contributed by atoms with Gasteiger partial charge in [0.15, 0.2) is 0 Å². The van der Waals surface area contributed by atoms with Crippen LogP contribution in [0.25, 0.3) is 0 Å². The van der Waals surface area contributed by atoms with Gasteiger partial charge in [0.1, 0.15) is 12.1 Å². The number of hydrogen-bond donors (Lipinski definition) is 2. The van der Waals surface area contributed by atoms with Gasteiger partial charge in [0.25, 0.3) is 5.91 Å². The molecule has 2 N–H and O–H groups in total. The van der Waals surface area contributed by atoms with Crippen LogP contribution < -0.4 is 10.6 Å². The molecule has 0 spiro atoms. The van der Waals surface area contributed by atoms with Crippen molar-refractivity contribution in [2.45, 2.75) is 70.4 Å². The molecule has 146 valence electrons. The lowest BCUT2D eigenvalue weighted by Crippen LogP contribution is -2.45. The molecule has 1 aromatic carbocycles. The van der Waals surface area contributed by atoms with Crippen LogP contribution in [-0.4, -0.2) is 35.3 Å². The summed E-state index contributed by atoms with van der Waals surface area (Å²) in [6, 6.07) is 7.33. The van der Waals surface area contributed by atoms with Gasteiger partial charge in [0.05, 0.1) is 0 Å². The fraction of sp³-hybridized carbons (Fsp3) is 0.571. The van der Waals surface area contributed by atoms with Crippen molar-refractivity contribution in [2.75, 3.05) is 6.54 Å². The van der Waals surface area contributed by atoms with E-state index in [1.165, 1.54) is 12.0 Å². The van der Waals surface area contributed by atoms with Crippen LogP contribution in [-0.2, 0) is 15.1 Å². The highest BCUT2D eigenvalue weighted by Gasteiger charge is 2.49. The van der Waals surface area contributed by atoms with Crippen LogP contribution in [0.2, 0.25) is 0 Å². The second kappa shape index (κ2) is 7.71. The Kier molecular flexibility index (Phi) is 5.53. The van der Waals surface area contributed by atoms with Gasteiger partial charge in [-0.1, -0.05) is 57.4 Å². The average molecular weight is 371 g/mol. The maximum absolute atomic E-state index is 12.9. The molecule has 27 heavy (non-hydrogen) atoms. The quantitative estimate of drug-likeness (QED) is 0.781. The molecule has 1 aliphatic heterocycles. The molecule has 0 aromatic heterocycles. The molecule has 4 amide bonds. The fourth-order valence-corrected chi connectivity index (χ4v) is 3.90. The van der Waals surface area contributed by atoms with Gasteiger partial charge in [0.2, 0.25) is 5.91 Å². The lowest BCUT2D eigenvalue weighted by atomic mass is 9.90. The Morgan fingerprint density at radius 3 is 2.41 bits per heavy atom. The van der Waals surface area contributed by atoms with E-state index in [9.17, 15) is 14.4 Å². The standard InChI is InChI=1S/C21H29N3O3/c1-14(2)15-9-11-16(12-10-15)21(3)19(26)24(20(27)23-21)13-18(25)22-17-7-5-4-6-8-17/h9-12,14,17H,4-8,13H2,1-3H3,(H,22,25)(H,23,27)/t21-/m0/s1. The molecule has 1 aromatic rings. The fourth-order valence-electron chi connectivity index (χ4n) is 3.90. The van der Waals surface area contributed by atoms with Gasteiger partial charge in [-0.2, -0.15) is 0 Å². The predicted molar refractivity (Wildman–Crippen MR) is 103 cm³/mol. The van der Waals surface area contributed by atoms with Crippen molar-refractivity contribution < 1.29 is 14.4 Å². The van der Waals surface area contributed by atoms with Crippen molar-refractivity contribution in [1.82, 2.24) is 15.5 Å². The molecule has 1 heterocycles. The zero-order valence-corrected chi connectivity index (χ0v) is 16.4. The average Bonchev–Trinajstić information content (AvgIpc) is 2.86. The highest BCUT2D eigenvalue weighted by Crippen LogP contribution is 2.30. The summed E-state index contributed by atoms with van der Waals surface area (Å²) in [5.41, 5.74) is 0.751. The number of hydrogen-bond acceptors (Lipinski definition) is 3. The van der Waals surface area contributed by atoms with Crippen molar-refractivity contribution in [3.8, 4) is 0 Å². The third-order valence-corrected chi connectivity index (χ3v) is 5.70. The Morgan fingerprint density at radius 2 is 1.81 bits per heavy atom. The summed E-state index contributed by atoms with van der Waals surface area (Å²) in [4.78, 5) is 38.7. The minimum Gasteiger partial charge on any atom is -0.352 e. The number of imide groups is 1. The van der Waals surface area contributed by atoms with Crippen LogP contribution in [0.1, 0.15) is 69.9 Å². The molecule has 0 unspecified atom stereocenters. The number of carbonyl (C=O) groups is 3. The number of nitrogens with one attached hydrogen (secondary N) is 2. The van der Waals surface area contributed by atoms with E-state index in [0.29, 0.717) is 5.92 Å². The molecule has 2 aliphatic rings. The topological polar surface area (TPSA) is 78.5 Å². The maximum atomic E-state index is 12.9. The van der Waals surface area contributed by atoms with Crippen LogP contribution >= 0.6 is 0 Å². The number of urea groups is 1. The summed E-state index contributed by atoms with van der Waals surface area (Å²) in [6.07, 6.45) is 5.35. The third-order valence-electron chi connectivity index (χ3n) is 5.70. The molecule has 3 rings (SSSR count). The molecule has 1 saturated heterocycles. The summed E-state index contributed by atoms with van der Waals surface area (Å²) >= 11 is 0. The van der Waals surface area contributed by atoms with E-state index < -0.39 is 11.6 Å². The zero-order chi connectivity index (χ0) is 19.6. The molecule has 6 nitrogen and oxygen atoms in total. The maximum Gasteiger partial charge on any atom is 0.325 e. The largest absolute Gasteiger partial charge is 0.352 e. The molecule has 0 bridgehead atoms. The van der Waals surface area contributed by atoms with Crippen LogP contribution in [0.15, 0.2) is 24.3 Å². The molecule has 1 atom stereocenters. The van der Waals surface area contributed by atoms with Gasteiger partial charge < -0.3 is 10.6 Å². The lowest BCUT2D eigenvalue weighted by molar-refractivity contribution is -0.135. The van der Waals surface area contributed by atoms with Gasteiger partial charge in [0, 0.05) is 6.04 Å². The van der Waals surface area contributed by atoms with Crippen molar-refractivity contribution in [3.05, 3.63) is 35.4 Å². The van der Waals surface area contributed by atoms with Crippen molar-refractivity contribution in [2.24, 2.45) is 0 Å². The first-order valence-electron chi connectivity index (χ1n) is 9.85. The summed E-state index contributed by atoms with van der Waals surface area (Å²) in [6.45, 7) is 5.66. The van der Waals surface area contributed by atoms with E-state index in [1.807, 2.05) is 24.3 Å². The SMILES string of the molecule is CC(C)c1ccc([C@]2(C)NC(=O)N(CC(=O)NC3CCCCC3)C2=O)cc1. The van der Waals surface area contributed by atoms with E-state index in [4.69, 9.17) is 0 Å².